The number of nitrogens with one attached hydrogen (secondary N) is 2. The zero-order chi connectivity index (χ0) is 23.4. The fraction of sp³-hybridized carbons (Fsp3) is 0.0870. The first kappa shape index (κ1) is 22.3. The van der Waals surface area contributed by atoms with E-state index in [4.69, 9.17) is 16.1 Å². The van der Waals surface area contributed by atoms with Gasteiger partial charge in [0.05, 0.1) is 23.5 Å². The molecule has 6 nitrogen and oxygen atoms in total. The van der Waals surface area contributed by atoms with Gasteiger partial charge in [-0.05, 0) is 48.5 Å². The van der Waals surface area contributed by atoms with Gasteiger partial charge in [0.2, 0.25) is 11.7 Å². The highest BCUT2D eigenvalue weighted by molar-refractivity contribution is 6.30. The minimum atomic E-state index is -4.47. The molecule has 0 atom stereocenters. The summed E-state index contributed by atoms with van der Waals surface area (Å²) in [4.78, 5) is 16.7. The number of halogens is 4. The molecular weight excluding hydrogens is 457 g/mol. The molecule has 0 fully saturated rings. The van der Waals surface area contributed by atoms with Gasteiger partial charge in [0, 0.05) is 16.1 Å². The summed E-state index contributed by atoms with van der Waals surface area (Å²) in [6, 6.07) is 18.2. The van der Waals surface area contributed by atoms with Crippen LogP contribution in [-0.4, -0.2) is 16.0 Å². The van der Waals surface area contributed by atoms with E-state index in [1.807, 2.05) is 0 Å². The van der Waals surface area contributed by atoms with E-state index in [0.29, 0.717) is 22.0 Å². The maximum Gasteiger partial charge on any atom is 0.416 e. The van der Waals surface area contributed by atoms with E-state index in [0.717, 1.165) is 12.1 Å². The van der Waals surface area contributed by atoms with Crippen molar-refractivity contribution in [2.45, 2.75) is 12.7 Å². The van der Waals surface area contributed by atoms with Gasteiger partial charge in [0.1, 0.15) is 0 Å². The van der Waals surface area contributed by atoms with E-state index >= 15 is 0 Å². The normalized spacial score (nSPS) is 11.3. The van der Waals surface area contributed by atoms with Crippen molar-refractivity contribution in [1.82, 2.24) is 10.1 Å². The van der Waals surface area contributed by atoms with E-state index in [9.17, 15) is 18.0 Å². The Kier molecular flexibility index (Phi) is 6.32. The summed E-state index contributed by atoms with van der Waals surface area (Å²) in [6.07, 6.45) is -4.47. The maximum absolute atomic E-state index is 12.9. The molecule has 0 spiro atoms. The molecule has 0 aliphatic rings. The maximum atomic E-state index is 12.9. The lowest BCUT2D eigenvalue weighted by atomic mass is 10.1. The van der Waals surface area contributed by atoms with E-state index in [1.165, 1.54) is 12.1 Å². The van der Waals surface area contributed by atoms with E-state index in [1.54, 1.807) is 48.5 Å². The Balaban J connectivity index is 1.45. The number of alkyl halides is 3. The van der Waals surface area contributed by atoms with Gasteiger partial charge in [0.15, 0.2) is 0 Å². The molecule has 0 aliphatic heterocycles. The molecule has 4 rings (SSSR count). The number of para-hydroxylation sites is 2. The number of nitrogens with zero attached hydrogens (tertiary/aromatic N) is 2. The number of anilines is 2. The summed E-state index contributed by atoms with van der Waals surface area (Å²) in [5.41, 5.74) is 0.954. The molecule has 1 aromatic heterocycles. The van der Waals surface area contributed by atoms with Gasteiger partial charge in [-0.25, -0.2) is 0 Å². The van der Waals surface area contributed by atoms with Crippen molar-refractivity contribution >= 4 is 28.9 Å². The van der Waals surface area contributed by atoms with Gasteiger partial charge >= 0.3 is 6.18 Å². The fourth-order valence-corrected chi connectivity index (χ4v) is 3.12. The van der Waals surface area contributed by atoms with Crippen LogP contribution in [0.3, 0.4) is 0 Å². The first-order valence-electron chi connectivity index (χ1n) is 9.69. The summed E-state index contributed by atoms with van der Waals surface area (Å²) in [7, 11) is 0. The van der Waals surface area contributed by atoms with E-state index in [-0.39, 0.29) is 29.7 Å². The molecule has 2 N–H and O–H groups in total. The second-order valence-corrected chi connectivity index (χ2v) is 7.39. The predicted molar refractivity (Wildman–Crippen MR) is 118 cm³/mol. The van der Waals surface area contributed by atoms with Crippen LogP contribution in [0.2, 0.25) is 5.02 Å². The summed E-state index contributed by atoms with van der Waals surface area (Å²) in [5, 5.41) is 10.2. The molecule has 0 radical (unpaired) electrons. The monoisotopic (exact) mass is 472 g/mol. The molecular formula is C23H16ClF3N4O2. The van der Waals surface area contributed by atoms with Crippen LogP contribution in [0.1, 0.15) is 21.8 Å². The van der Waals surface area contributed by atoms with Gasteiger partial charge in [0.25, 0.3) is 5.91 Å². The average molecular weight is 473 g/mol. The van der Waals surface area contributed by atoms with Crippen LogP contribution in [0.5, 0.6) is 0 Å². The van der Waals surface area contributed by atoms with Crippen molar-refractivity contribution in [2.24, 2.45) is 0 Å². The summed E-state index contributed by atoms with van der Waals surface area (Å²) >= 11 is 5.86. The molecule has 33 heavy (non-hydrogen) atoms. The molecule has 4 aromatic rings. The molecule has 10 heteroatoms. The van der Waals surface area contributed by atoms with Gasteiger partial charge in [-0.2, -0.15) is 18.2 Å². The number of benzene rings is 3. The summed E-state index contributed by atoms with van der Waals surface area (Å²) in [5.74, 6) is -0.103. The Bertz CT molecular complexity index is 1270. The lowest BCUT2D eigenvalue weighted by Gasteiger charge is -2.12. The molecule has 0 saturated heterocycles. The Morgan fingerprint density at radius 1 is 0.970 bits per heavy atom. The van der Waals surface area contributed by atoms with Crippen molar-refractivity contribution < 1.29 is 22.5 Å². The van der Waals surface area contributed by atoms with Crippen LogP contribution in [0.4, 0.5) is 24.5 Å². The van der Waals surface area contributed by atoms with E-state index < -0.39 is 11.7 Å². The number of carbonyl (C=O) groups excluding carboxylic acids is 1. The molecule has 3 aromatic carbocycles. The Labute approximate surface area is 191 Å². The molecule has 0 unspecified atom stereocenters. The highest BCUT2D eigenvalue weighted by Gasteiger charge is 2.30. The van der Waals surface area contributed by atoms with Gasteiger partial charge < -0.3 is 15.2 Å². The Hall–Kier alpha value is -3.85. The molecule has 1 heterocycles. The minimum absolute atomic E-state index is 0.0437. The topological polar surface area (TPSA) is 80.0 Å². The van der Waals surface area contributed by atoms with E-state index in [2.05, 4.69) is 20.8 Å². The lowest BCUT2D eigenvalue weighted by Crippen LogP contribution is -2.13. The SMILES string of the molecule is O=C(Nc1ccccc1NCc1nc(-c2cccc(C(F)(F)F)c2)no1)c1ccc(Cl)cc1. The standard InChI is InChI=1S/C23H16ClF3N4O2/c24-17-10-8-14(9-11-17)22(32)29-19-7-2-1-6-18(19)28-13-20-30-21(31-33-20)15-4-3-5-16(12-15)23(25,26)27/h1-12,28H,13H2,(H,29,32). The lowest BCUT2D eigenvalue weighted by molar-refractivity contribution is -0.137. The second-order valence-electron chi connectivity index (χ2n) is 6.95. The third-order valence-corrected chi connectivity index (χ3v) is 4.88. The van der Waals surface area contributed by atoms with Crippen molar-refractivity contribution in [3.8, 4) is 11.4 Å². The minimum Gasteiger partial charge on any atom is -0.374 e. The highest BCUT2D eigenvalue weighted by atomic mass is 35.5. The molecule has 1 amide bonds. The zero-order valence-corrected chi connectivity index (χ0v) is 17.6. The molecule has 0 saturated carbocycles. The third kappa shape index (κ3) is 5.50. The zero-order valence-electron chi connectivity index (χ0n) is 16.9. The van der Waals surface area contributed by atoms with Crippen LogP contribution in [0.25, 0.3) is 11.4 Å². The highest BCUT2D eigenvalue weighted by Crippen LogP contribution is 2.31. The molecule has 0 aliphatic carbocycles. The second kappa shape index (κ2) is 9.33. The van der Waals surface area contributed by atoms with Crippen LogP contribution in [-0.2, 0) is 12.7 Å². The van der Waals surface area contributed by atoms with Crippen LogP contribution >= 0.6 is 11.6 Å². The number of amides is 1. The van der Waals surface area contributed by atoms with Gasteiger partial charge in [-0.15, -0.1) is 0 Å². The largest absolute Gasteiger partial charge is 0.416 e. The number of aromatic nitrogens is 2. The Morgan fingerprint density at radius 3 is 2.42 bits per heavy atom. The third-order valence-electron chi connectivity index (χ3n) is 4.63. The van der Waals surface area contributed by atoms with Crippen molar-refractivity contribution in [3.63, 3.8) is 0 Å². The quantitative estimate of drug-likeness (QED) is 0.345. The van der Waals surface area contributed by atoms with Gasteiger partial charge in [-0.3, -0.25) is 4.79 Å². The van der Waals surface area contributed by atoms with Gasteiger partial charge in [-0.1, -0.05) is 41.0 Å². The smallest absolute Gasteiger partial charge is 0.374 e. The number of rotatable bonds is 6. The van der Waals surface area contributed by atoms with Crippen molar-refractivity contribution in [3.05, 3.63) is 94.8 Å². The first-order valence-corrected chi connectivity index (χ1v) is 10.1. The Morgan fingerprint density at radius 2 is 1.70 bits per heavy atom. The molecule has 168 valence electrons. The average Bonchev–Trinajstić information content (AvgIpc) is 3.27. The van der Waals surface area contributed by atoms with Crippen molar-refractivity contribution in [2.75, 3.05) is 10.6 Å². The van der Waals surface area contributed by atoms with Crippen LogP contribution in [0, 0.1) is 0 Å². The number of hydrogen-bond donors (Lipinski definition) is 2. The fourth-order valence-electron chi connectivity index (χ4n) is 2.99. The summed E-state index contributed by atoms with van der Waals surface area (Å²) < 4.78 is 44.0. The molecule has 0 bridgehead atoms. The first-order chi connectivity index (χ1) is 15.8. The van der Waals surface area contributed by atoms with Crippen LogP contribution in [0.15, 0.2) is 77.3 Å². The predicted octanol–water partition coefficient (Wildman–Crippen LogP) is 6.27. The van der Waals surface area contributed by atoms with Crippen molar-refractivity contribution in [1.29, 1.82) is 0 Å². The summed E-state index contributed by atoms with van der Waals surface area (Å²) in [6.45, 7) is 0.0970. The number of hydrogen-bond acceptors (Lipinski definition) is 5. The number of carbonyl (C=O) groups is 1. The van der Waals surface area contributed by atoms with Crippen LogP contribution < -0.4 is 10.6 Å².